The summed E-state index contributed by atoms with van der Waals surface area (Å²) in [7, 11) is 0. The molecular weight excluding hydrogens is 598 g/mol. The van der Waals surface area contributed by atoms with Gasteiger partial charge in [0.2, 0.25) is 0 Å². The number of unbranched alkanes of at least 4 members (excludes halogenated alkanes) is 4. The second-order valence-corrected chi connectivity index (χ2v) is 11.3. The number of aromatic amines is 2. The van der Waals surface area contributed by atoms with E-state index < -0.39 is 11.4 Å². The number of nitrogen functional groups attached to an aromatic ring is 1. The zero-order valence-corrected chi connectivity index (χ0v) is 26.3. The standard InChI is InChI=1S/C34H35N9O4/c1-23-18-41(33(46)39-31(23)44)13-9-5-3-7-11-25-15-26(12-8-4-6-10-14-42-19-24(2)32(45)40-34(42)47)17-27(16-25)20-43-22-38-28-29(35)36-21-37-30(28)43/h15-19,21-22H,3-6,9-10,13-14,20H2,1-2H3,(H2,35,36,37)(H,39,44,46)(H,40,45,47). The van der Waals surface area contributed by atoms with Gasteiger partial charge in [0.05, 0.1) is 12.9 Å². The number of aromatic nitrogens is 8. The number of fused-ring (bicyclic) bond motifs is 1. The Bertz CT molecular complexity index is 2170. The summed E-state index contributed by atoms with van der Waals surface area (Å²) in [6.45, 7) is 4.83. The van der Waals surface area contributed by atoms with Crippen LogP contribution in [0.15, 0.2) is 62.4 Å². The molecule has 5 rings (SSSR count). The molecule has 0 aliphatic heterocycles. The molecule has 0 aliphatic rings. The summed E-state index contributed by atoms with van der Waals surface area (Å²) in [5, 5.41) is 0. The number of hydrogen-bond donors (Lipinski definition) is 3. The van der Waals surface area contributed by atoms with E-state index in [4.69, 9.17) is 5.73 Å². The largest absolute Gasteiger partial charge is 0.382 e. The zero-order chi connectivity index (χ0) is 33.3. The van der Waals surface area contributed by atoms with Crippen molar-refractivity contribution < 1.29 is 0 Å². The number of imidazole rings is 1. The Kier molecular flexibility index (Phi) is 10.3. The molecule has 0 saturated carbocycles. The van der Waals surface area contributed by atoms with Crippen molar-refractivity contribution in [1.82, 2.24) is 38.6 Å². The summed E-state index contributed by atoms with van der Waals surface area (Å²) in [4.78, 5) is 64.6. The molecule has 0 unspecified atom stereocenters. The lowest BCUT2D eigenvalue weighted by Crippen LogP contribution is -2.30. The number of H-pyrrole nitrogens is 2. The van der Waals surface area contributed by atoms with Crippen LogP contribution in [0, 0.1) is 37.5 Å². The number of nitrogens with two attached hydrogens (primary N) is 1. The zero-order valence-electron chi connectivity index (χ0n) is 26.3. The molecule has 0 fully saturated rings. The molecule has 0 atom stereocenters. The lowest BCUT2D eigenvalue weighted by molar-refractivity contribution is 0.583. The Hall–Kier alpha value is -5.95. The van der Waals surface area contributed by atoms with Gasteiger partial charge in [-0.15, -0.1) is 0 Å². The maximum atomic E-state index is 12.0. The van der Waals surface area contributed by atoms with Crippen molar-refractivity contribution >= 4 is 17.0 Å². The third kappa shape index (κ3) is 8.41. The number of aryl methyl sites for hydroxylation is 4. The van der Waals surface area contributed by atoms with E-state index in [1.165, 1.54) is 15.5 Å². The van der Waals surface area contributed by atoms with Crippen molar-refractivity contribution in [3.8, 4) is 23.7 Å². The van der Waals surface area contributed by atoms with Crippen LogP contribution in [0.2, 0.25) is 0 Å². The van der Waals surface area contributed by atoms with Gasteiger partial charge in [-0.3, -0.25) is 19.6 Å². The molecule has 4 heterocycles. The van der Waals surface area contributed by atoms with Crippen LogP contribution in [-0.2, 0) is 19.6 Å². The summed E-state index contributed by atoms with van der Waals surface area (Å²) < 4.78 is 4.93. The Morgan fingerprint density at radius 2 is 1.28 bits per heavy atom. The fourth-order valence-corrected chi connectivity index (χ4v) is 5.03. The van der Waals surface area contributed by atoms with Crippen LogP contribution in [0.5, 0.6) is 0 Å². The van der Waals surface area contributed by atoms with E-state index in [0.717, 1.165) is 42.4 Å². The van der Waals surface area contributed by atoms with E-state index in [0.29, 0.717) is 60.6 Å². The molecule has 0 saturated heterocycles. The minimum atomic E-state index is -0.406. The smallest absolute Gasteiger partial charge is 0.328 e. The molecule has 5 aromatic rings. The lowest BCUT2D eigenvalue weighted by atomic mass is 10.0. The average molecular weight is 634 g/mol. The predicted octanol–water partition coefficient (Wildman–Crippen LogP) is 2.22. The van der Waals surface area contributed by atoms with Crippen LogP contribution in [-0.4, -0.2) is 38.6 Å². The predicted molar refractivity (Wildman–Crippen MR) is 179 cm³/mol. The highest BCUT2D eigenvalue weighted by molar-refractivity contribution is 5.81. The van der Waals surface area contributed by atoms with Gasteiger partial charge in [0, 0.05) is 60.6 Å². The third-order valence-corrected chi connectivity index (χ3v) is 7.52. The van der Waals surface area contributed by atoms with E-state index in [2.05, 4.69) is 48.6 Å². The topological polar surface area (TPSA) is 179 Å². The van der Waals surface area contributed by atoms with Gasteiger partial charge in [0.15, 0.2) is 11.5 Å². The van der Waals surface area contributed by atoms with Crippen LogP contribution in [0.1, 0.15) is 66.3 Å². The molecule has 0 bridgehead atoms. The van der Waals surface area contributed by atoms with Crippen molar-refractivity contribution in [3.05, 3.63) is 113 Å². The number of nitrogens with zero attached hydrogens (tertiary/aromatic N) is 6. The normalized spacial score (nSPS) is 10.8. The first-order chi connectivity index (χ1) is 22.7. The van der Waals surface area contributed by atoms with Crippen molar-refractivity contribution in [2.75, 3.05) is 5.73 Å². The molecule has 0 radical (unpaired) electrons. The molecule has 47 heavy (non-hydrogen) atoms. The molecule has 0 amide bonds. The molecule has 13 nitrogen and oxygen atoms in total. The highest BCUT2D eigenvalue weighted by Crippen LogP contribution is 2.17. The van der Waals surface area contributed by atoms with Gasteiger partial charge in [-0.1, -0.05) is 23.7 Å². The molecular formula is C34H35N9O4. The van der Waals surface area contributed by atoms with Crippen molar-refractivity contribution in [3.63, 3.8) is 0 Å². The molecule has 1 aromatic carbocycles. The van der Waals surface area contributed by atoms with E-state index >= 15 is 0 Å². The van der Waals surface area contributed by atoms with Crippen LogP contribution in [0.4, 0.5) is 5.82 Å². The molecule has 0 spiro atoms. The Morgan fingerprint density at radius 1 is 0.723 bits per heavy atom. The first-order valence-electron chi connectivity index (χ1n) is 15.3. The SMILES string of the molecule is Cc1cn(CCCCC#Cc2cc(C#CCCCCn3cc(C)c(=O)[nH]c3=O)cc(Cn3cnc4c(N)ncnc43)c2)c(=O)[nH]c1=O. The Balaban J connectivity index is 1.26. The van der Waals surface area contributed by atoms with Gasteiger partial charge in [-0.25, -0.2) is 24.5 Å². The number of nitrogens with one attached hydrogen (secondary N) is 2. The minimum Gasteiger partial charge on any atom is -0.382 e. The molecule has 0 aliphatic carbocycles. The van der Waals surface area contributed by atoms with Crippen LogP contribution >= 0.6 is 0 Å². The van der Waals surface area contributed by atoms with Gasteiger partial charge < -0.3 is 19.4 Å². The fraction of sp³-hybridized carbons (Fsp3) is 0.324. The number of benzene rings is 1. The summed E-state index contributed by atoms with van der Waals surface area (Å²) in [6.07, 6.45) is 10.6. The van der Waals surface area contributed by atoms with Crippen molar-refractivity contribution in [2.45, 2.75) is 72.0 Å². The summed E-state index contributed by atoms with van der Waals surface area (Å²) >= 11 is 0. The van der Waals surface area contributed by atoms with Crippen LogP contribution in [0.25, 0.3) is 11.2 Å². The van der Waals surface area contributed by atoms with Gasteiger partial charge >= 0.3 is 11.4 Å². The highest BCUT2D eigenvalue weighted by atomic mass is 16.2. The minimum absolute atomic E-state index is 0.320. The van der Waals surface area contributed by atoms with E-state index in [1.54, 1.807) is 32.6 Å². The van der Waals surface area contributed by atoms with E-state index in [-0.39, 0.29) is 11.1 Å². The van der Waals surface area contributed by atoms with Gasteiger partial charge in [-0.05, 0) is 63.3 Å². The number of rotatable bonds is 10. The fourth-order valence-electron chi connectivity index (χ4n) is 5.03. The van der Waals surface area contributed by atoms with Crippen molar-refractivity contribution in [2.24, 2.45) is 0 Å². The van der Waals surface area contributed by atoms with Gasteiger partial charge in [0.25, 0.3) is 11.1 Å². The van der Waals surface area contributed by atoms with Crippen LogP contribution in [0.3, 0.4) is 0 Å². The van der Waals surface area contributed by atoms with Crippen molar-refractivity contribution in [1.29, 1.82) is 0 Å². The average Bonchev–Trinajstić information content (AvgIpc) is 3.45. The Labute approximate surface area is 269 Å². The van der Waals surface area contributed by atoms with E-state index in [1.807, 2.05) is 22.8 Å². The quantitative estimate of drug-likeness (QED) is 0.155. The monoisotopic (exact) mass is 633 g/mol. The summed E-state index contributed by atoms with van der Waals surface area (Å²) in [6, 6.07) is 5.99. The first kappa shape index (κ1) is 32.4. The lowest BCUT2D eigenvalue weighted by Gasteiger charge is -2.06. The Morgan fingerprint density at radius 3 is 1.83 bits per heavy atom. The second kappa shape index (κ2) is 14.9. The molecule has 13 heteroatoms. The maximum absolute atomic E-state index is 12.0. The van der Waals surface area contributed by atoms with Gasteiger partial charge in [-0.2, -0.15) is 0 Å². The van der Waals surface area contributed by atoms with Crippen LogP contribution < -0.4 is 28.2 Å². The molecule has 240 valence electrons. The molecule has 4 N–H and O–H groups in total. The van der Waals surface area contributed by atoms with Gasteiger partial charge in [0.1, 0.15) is 11.8 Å². The third-order valence-electron chi connectivity index (χ3n) is 7.52. The highest BCUT2D eigenvalue weighted by Gasteiger charge is 2.09. The number of hydrogen-bond acceptors (Lipinski definition) is 8. The molecule has 4 aromatic heterocycles. The first-order valence-corrected chi connectivity index (χ1v) is 15.3. The summed E-state index contributed by atoms with van der Waals surface area (Å²) in [5.41, 5.74) is 9.23. The second-order valence-electron chi connectivity index (χ2n) is 11.3. The number of anilines is 1. The summed E-state index contributed by atoms with van der Waals surface area (Å²) in [5.74, 6) is 13.3. The maximum Gasteiger partial charge on any atom is 0.328 e. The van der Waals surface area contributed by atoms with E-state index in [9.17, 15) is 19.2 Å².